The first-order valence-electron chi connectivity index (χ1n) is 5.66. The minimum Gasteiger partial charge on any atom is -0.429 e. The first-order chi connectivity index (χ1) is 8.34. The average molecular weight is 251 g/mol. The van der Waals surface area contributed by atoms with E-state index in [-0.39, 0.29) is 6.29 Å². The molecule has 0 saturated carbocycles. The van der Waals surface area contributed by atoms with E-state index in [4.69, 9.17) is 26.1 Å². The summed E-state index contributed by atoms with van der Waals surface area (Å²) in [5.74, 6) is 0. The molecule has 2 heterocycles. The van der Waals surface area contributed by atoms with E-state index in [1.165, 1.54) is 0 Å². The third-order valence-electron chi connectivity index (χ3n) is 2.85. The van der Waals surface area contributed by atoms with Crippen LogP contribution in [0, 0.1) is 4.84 Å². The summed E-state index contributed by atoms with van der Waals surface area (Å²) in [6.07, 6.45) is 0.684. The zero-order chi connectivity index (χ0) is 11.7. The monoisotopic (exact) mass is 251 g/mol. The van der Waals surface area contributed by atoms with Gasteiger partial charge in [-0.3, -0.25) is 4.57 Å². The maximum atomic E-state index is 5.51. The number of nitrogens with zero attached hydrogens (tertiary/aromatic N) is 1. The number of ether oxygens (including phenoxy) is 2. The minimum absolute atomic E-state index is 0.106. The molecule has 3 rings (SSSR count). The highest BCUT2D eigenvalue weighted by molar-refractivity contribution is 7.71. The zero-order valence-corrected chi connectivity index (χ0v) is 10.1. The number of hydrogen-bond donors (Lipinski definition) is 0. The first kappa shape index (κ1) is 11.0. The SMILES string of the molecule is S=c1oc2ccccc2n1CCC1OCCO1. The highest BCUT2D eigenvalue weighted by Gasteiger charge is 2.16. The van der Waals surface area contributed by atoms with E-state index in [1.54, 1.807) is 0 Å². The van der Waals surface area contributed by atoms with Gasteiger partial charge < -0.3 is 13.9 Å². The van der Waals surface area contributed by atoms with E-state index >= 15 is 0 Å². The molecule has 2 aromatic rings. The van der Waals surface area contributed by atoms with Crippen molar-refractivity contribution < 1.29 is 13.9 Å². The van der Waals surface area contributed by atoms with Crippen molar-refractivity contribution in [2.75, 3.05) is 13.2 Å². The summed E-state index contributed by atoms with van der Waals surface area (Å²) < 4.78 is 18.3. The molecule has 0 spiro atoms. The lowest BCUT2D eigenvalue weighted by molar-refractivity contribution is -0.0490. The van der Waals surface area contributed by atoms with Crippen molar-refractivity contribution in [2.45, 2.75) is 19.3 Å². The van der Waals surface area contributed by atoms with Gasteiger partial charge in [-0.15, -0.1) is 0 Å². The summed E-state index contributed by atoms with van der Waals surface area (Å²) in [5.41, 5.74) is 1.85. The van der Waals surface area contributed by atoms with Crippen molar-refractivity contribution in [1.29, 1.82) is 0 Å². The molecule has 90 valence electrons. The standard InChI is InChI=1S/C12H13NO3S/c17-12-13(6-5-11-14-7-8-15-11)9-3-1-2-4-10(9)16-12/h1-4,11H,5-8H2. The van der Waals surface area contributed by atoms with Crippen LogP contribution < -0.4 is 0 Å². The van der Waals surface area contributed by atoms with E-state index in [9.17, 15) is 0 Å². The molecule has 0 unspecified atom stereocenters. The summed E-state index contributed by atoms with van der Waals surface area (Å²) in [5, 5.41) is 0. The van der Waals surface area contributed by atoms with Crippen LogP contribution in [0.25, 0.3) is 11.1 Å². The van der Waals surface area contributed by atoms with Crippen LogP contribution >= 0.6 is 12.2 Å². The van der Waals surface area contributed by atoms with Gasteiger partial charge in [-0.25, -0.2) is 0 Å². The molecule has 17 heavy (non-hydrogen) atoms. The van der Waals surface area contributed by atoms with Gasteiger partial charge in [0.05, 0.1) is 18.7 Å². The highest BCUT2D eigenvalue weighted by atomic mass is 32.1. The van der Waals surface area contributed by atoms with E-state index in [2.05, 4.69) is 0 Å². The Labute approximate surface area is 104 Å². The van der Waals surface area contributed by atoms with Gasteiger partial charge in [0.1, 0.15) is 0 Å². The van der Waals surface area contributed by atoms with E-state index in [1.807, 2.05) is 28.8 Å². The summed E-state index contributed by atoms with van der Waals surface area (Å²) >= 11 is 5.21. The fourth-order valence-corrected chi connectivity index (χ4v) is 2.31. The molecule has 1 aromatic heterocycles. The van der Waals surface area contributed by atoms with Crippen LogP contribution in [0.4, 0.5) is 0 Å². The molecule has 5 heteroatoms. The van der Waals surface area contributed by atoms with Gasteiger partial charge in [0.2, 0.25) is 0 Å². The van der Waals surface area contributed by atoms with Crippen LogP contribution in [0.5, 0.6) is 0 Å². The number of fused-ring (bicyclic) bond motifs is 1. The van der Waals surface area contributed by atoms with Crippen molar-refractivity contribution >= 4 is 23.3 Å². The molecule has 1 aromatic carbocycles. The number of para-hydroxylation sites is 2. The molecule has 0 radical (unpaired) electrons. The van der Waals surface area contributed by atoms with Gasteiger partial charge in [-0.2, -0.15) is 0 Å². The lowest BCUT2D eigenvalue weighted by atomic mass is 10.3. The van der Waals surface area contributed by atoms with Gasteiger partial charge in [0.25, 0.3) is 4.84 Å². The predicted molar refractivity (Wildman–Crippen MR) is 65.3 cm³/mol. The molecule has 0 aliphatic carbocycles. The molecular formula is C12H13NO3S. The number of aryl methyl sites for hydroxylation is 1. The predicted octanol–water partition coefficient (Wildman–Crippen LogP) is 2.73. The first-order valence-corrected chi connectivity index (χ1v) is 6.07. The summed E-state index contributed by atoms with van der Waals surface area (Å²) in [6.45, 7) is 2.12. The van der Waals surface area contributed by atoms with Gasteiger partial charge in [-0.1, -0.05) is 12.1 Å². The molecule has 1 fully saturated rings. The summed E-state index contributed by atoms with van der Waals surface area (Å²) in [4.78, 5) is 0.504. The second kappa shape index (κ2) is 4.60. The molecule has 1 saturated heterocycles. The van der Waals surface area contributed by atoms with Gasteiger partial charge in [0.15, 0.2) is 11.9 Å². The summed E-state index contributed by atoms with van der Waals surface area (Å²) in [7, 11) is 0. The molecule has 4 nitrogen and oxygen atoms in total. The molecule has 1 aliphatic heterocycles. The second-order valence-electron chi connectivity index (χ2n) is 3.95. The van der Waals surface area contributed by atoms with Crippen LogP contribution in [0.1, 0.15) is 6.42 Å². The molecule has 0 bridgehead atoms. The third kappa shape index (κ3) is 2.13. The minimum atomic E-state index is -0.106. The summed E-state index contributed by atoms with van der Waals surface area (Å²) in [6, 6.07) is 7.84. The Balaban J connectivity index is 1.84. The molecule has 0 amide bonds. The Kier molecular flexibility index (Phi) is 2.96. The fourth-order valence-electron chi connectivity index (χ4n) is 2.03. The Morgan fingerprint density at radius 3 is 2.82 bits per heavy atom. The van der Waals surface area contributed by atoms with E-state index < -0.39 is 0 Å². The van der Waals surface area contributed by atoms with Crippen LogP contribution in [0.3, 0.4) is 0 Å². The van der Waals surface area contributed by atoms with Crippen LogP contribution in [-0.4, -0.2) is 24.1 Å². The van der Waals surface area contributed by atoms with E-state index in [0.29, 0.717) is 18.1 Å². The lowest BCUT2D eigenvalue weighted by Crippen LogP contribution is -2.11. The number of aromatic nitrogens is 1. The fraction of sp³-hybridized carbons (Fsp3) is 0.417. The second-order valence-corrected chi connectivity index (χ2v) is 4.30. The van der Waals surface area contributed by atoms with Gasteiger partial charge >= 0.3 is 0 Å². The number of hydrogen-bond acceptors (Lipinski definition) is 4. The maximum absolute atomic E-state index is 5.51. The molecule has 0 atom stereocenters. The highest BCUT2D eigenvalue weighted by Crippen LogP contribution is 2.18. The van der Waals surface area contributed by atoms with Crippen molar-refractivity contribution in [3.05, 3.63) is 29.1 Å². The average Bonchev–Trinajstić information content (AvgIpc) is 2.93. The van der Waals surface area contributed by atoms with Crippen molar-refractivity contribution in [2.24, 2.45) is 0 Å². The Bertz CT molecular complexity index is 568. The normalized spacial score (nSPS) is 16.9. The quantitative estimate of drug-likeness (QED) is 0.786. The van der Waals surface area contributed by atoms with Crippen molar-refractivity contribution in [1.82, 2.24) is 4.57 Å². The van der Waals surface area contributed by atoms with Gasteiger partial charge in [0, 0.05) is 13.0 Å². The number of oxazole rings is 1. The third-order valence-corrected chi connectivity index (χ3v) is 3.16. The van der Waals surface area contributed by atoms with Crippen LogP contribution in [-0.2, 0) is 16.0 Å². The number of benzene rings is 1. The van der Waals surface area contributed by atoms with Crippen molar-refractivity contribution in [3.8, 4) is 0 Å². The van der Waals surface area contributed by atoms with Gasteiger partial charge in [-0.05, 0) is 24.4 Å². The van der Waals surface area contributed by atoms with Crippen LogP contribution in [0.2, 0.25) is 0 Å². The zero-order valence-electron chi connectivity index (χ0n) is 9.30. The van der Waals surface area contributed by atoms with E-state index in [0.717, 1.165) is 24.1 Å². The number of rotatable bonds is 3. The molecular weight excluding hydrogens is 238 g/mol. The van der Waals surface area contributed by atoms with Crippen LogP contribution in [0.15, 0.2) is 28.7 Å². The smallest absolute Gasteiger partial charge is 0.269 e. The van der Waals surface area contributed by atoms with Crippen molar-refractivity contribution in [3.63, 3.8) is 0 Å². The Hall–Kier alpha value is -1.17. The Morgan fingerprint density at radius 1 is 1.24 bits per heavy atom. The molecule has 1 aliphatic rings. The Morgan fingerprint density at radius 2 is 2.00 bits per heavy atom. The largest absolute Gasteiger partial charge is 0.429 e. The molecule has 0 N–H and O–H groups in total. The maximum Gasteiger partial charge on any atom is 0.269 e. The lowest BCUT2D eigenvalue weighted by Gasteiger charge is -2.09. The topological polar surface area (TPSA) is 36.5 Å².